The molecule has 1 nitrogen and oxygen atoms in total. The minimum atomic E-state index is -0.771. The predicted octanol–water partition coefficient (Wildman–Crippen LogP) is 3.25. The molecule has 1 heterocycles. The maximum atomic E-state index is 9.76. The number of thiophene rings is 1. The first kappa shape index (κ1) is 10.0. The zero-order valence-corrected chi connectivity index (χ0v) is 9.31. The number of hydrogen-bond donors (Lipinski definition) is 1. The topological polar surface area (TPSA) is 20.2 Å². The SMILES string of the molecule is Cc1sc(C(C)(C)O)c(C)c1Cl. The normalized spacial score (nSPS) is 12.2. The molecule has 0 saturated carbocycles. The Kier molecular flexibility index (Phi) is 2.52. The molecule has 0 fully saturated rings. The van der Waals surface area contributed by atoms with Gasteiger partial charge in [-0.3, -0.25) is 0 Å². The monoisotopic (exact) mass is 204 g/mol. The second-order valence-electron chi connectivity index (χ2n) is 3.49. The van der Waals surface area contributed by atoms with E-state index in [1.54, 1.807) is 25.2 Å². The van der Waals surface area contributed by atoms with Gasteiger partial charge in [0.05, 0.1) is 10.6 Å². The number of aliphatic hydroxyl groups is 1. The number of rotatable bonds is 1. The lowest BCUT2D eigenvalue weighted by Gasteiger charge is -2.16. The van der Waals surface area contributed by atoms with Gasteiger partial charge in [0, 0.05) is 9.75 Å². The second-order valence-corrected chi connectivity index (χ2v) is 5.09. The Bertz CT molecular complexity index is 296. The van der Waals surface area contributed by atoms with Crippen LogP contribution in [0.4, 0.5) is 0 Å². The van der Waals surface area contributed by atoms with Gasteiger partial charge in [-0.2, -0.15) is 0 Å². The van der Waals surface area contributed by atoms with E-state index in [1.165, 1.54) is 0 Å². The summed E-state index contributed by atoms with van der Waals surface area (Å²) in [6, 6.07) is 0. The average molecular weight is 205 g/mol. The van der Waals surface area contributed by atoms with Gasteiger partial charge in [0.25, 0.3) is 0 Å². The van der Waals surface area contributed by atoms with E-state index in [2.05, 4.69) is 0 Å². The Hall–Kier alpha value is -0.0500. The summed E-state index contributed by atoms with van der Waals surface area (Å²) in [5.74, 6) is 0. The summed E-state index contributed by atoms with van der Waals surface area (Å²) >= 11 is 7.57. The molecule has 0 saturated heterocycles. The van der Waals surface area contributed by atoms with Gasteiger partial charge < -0.3 is 5.11 Å². The first-order valence-corrected chi connectivity index (χ1v) is 5.02. The third kappa shape index (κ3) is 1.65. The van der Waals surface area contributed by atoms with Gasteiger partial charge >= 0.3 is 0 Å². The molecular formula is C9H13ClOS. The van der Waals surface area contributed by atoms with Crippen molar-refractivity contribution in [2.24, 2.45) is 0 Å². The maximum absolute atomic E-state index is 9.76. The van der Waals surface area contributed by atoms with Crippen LogP contribution in [0, 0.1) is 13.8 Å². The summed E-state index contributed by atoms with van der Waals surface area (Å²) in [7, 11) is 0. The highest BCUT2D eigenvalue weighted by molar-refractivity contribution is 7.12. The standard InChI is InChI=1S/C9H13ClOS/c1-5-7(10)6(2)12-8(5)9(3,4)11/h11H,1-4H3. The number of hydrogen-bond acceptors (Lipinski definition) is 2. The summed E-state index contributed by atoms with van der Waals surface area (Å²) in [5.41, 5.74) is 0.235. The van der Waals surface area contributed by atoms with E-state index in [0.29, 0.717) is 0 Å². The molecule has 0 bridgehead atoms. The fraction of sp³-hybridized carbons (Fsp3) is 0.556. The Morgan fingerprint density at radius 3 is 2.00 bits per heavy atom. The molecule has 1 N–H and O–H groups in total. The highest BCUT2D eigenvalue weighted by Crippen LogP contribution is 2.37. The fourth-order valence-corrected chi connectivity index (χ4v) is 2.54. The van der Waals surface area contributed by atoms with Crippen molar-refractivity contribution >= 4 is 22.9 Å². The van der Waals surface area contributed by atoms with Crippen LogP contribution in [0.25, 0.3) is 0 Å². The lowest BCUT2D eigenvalue weighted by atomic mass is 10.0. The number of aryl methyl sites for hydroxylation is 1. The molecule has 0 aromatic carbocycles. The van der Waals surface area contributed by atoms with Crippen LogP contribution < -0.4 is 0 Å². The van der Waals surface area contributed by atoms with E-state index in [1.807, 2.05) is 13.8 Å². The largest absolute Gasteiger partial charge is 0.385 e. The molecule has 0 amide bonds. The summed E-state index contributed by atoms with van der Waals surface area (Å²) in [6.07, 6.45) is 0. The average Bonchev–Trinajstić information content (AvgIpc) is 2.15. The molecule has 0 aliphatic rings. The summed E-state index contributed by atoms with van der Waals surface area (Å²) in [5, 5.41) is 10.5. The van der Waals surface area contributed by atoms with Gasteiger partial charge in [-0.15, -0.1) is 11.3 Å². The lowest BCUT2D eigenvalue weighted by molar-refractivity contribution is 0.0819. The molecule has 1 rings (SSSR count). The summed E-state index contributed by atoms with van der Waals surface area (Å²) < 4.78 is 0. The molecule has 0 aliphatic carbocycles. The van der Waals surface area contributed by atoms with Crippen LogP contribution in [-0.4, -0.2) is 5.11 Å². The van der Waals surface area contributed by atoms with Gasteiger partial charge in [-0.05, 0) is 33.3 Å². The van der Waals surface area contributed by atoms with Crippen molar-refractivity contribution in [1.29, 1.82) is 0 Å². The van der Waals surface area contributed by atoms with Crippen LogP contribution in [-0.2, 0) is 5.60 Å². The van der Waals surface area contributed by atoms with Gasteiger partial charge in [-0.1, -0.05) is 11.6 Å². The van der Waals surface area contributed by atoms with Gasteiger partial charge in [0.2, 0.25) is 0 Å². The third-order valence-corrected chi connectivity index (χ3v) is 3.99. The smallest absolute Gasteiger partial charge is 0.0935 e. The van der Waals surface area contributed by atoms with E-state index in [9.17, 15) is 5.11 Å². The van der Waals surface area contributed by atoms with Crippen molar-refractivity contribution in [2.75, 3.05) is 0 Å². The van der Waals surface area contributed by atoms with Crippen LogP contribution >= 0.6 is 22.9 Å². The third-order valence-electron chi connectivity index (χ3n) is 1.79. The molecule has 3 heteroatoms. The molecule has 68 valence electrons. The molecule has 0 radical (unpaired) electrons. The lowest BCUT2D eigenvalue weighted by Crippen LogP contribution is -2.14. The summed E-state index contributed by atoms with van der Waals surface area (Å²) in [4.78, 5) is 2.04. The minimum absolute atomic E-state index is 0.771. The van der Waals surface area contributed by atoms with E-state index >= 15 is 0 Å². The van der Waals surface area contributed by atoms with Crippen LogP contribution in [0.5, 0.6) is 0 Å². The minimum Gasteiger partial charge on any atom is -0.385 e. The van der Waals surface area contributed by atoms with Crippen molar-refractivity contribution in [3.8, 4) is 0 Å². The quantitative estimate of drug-likeness (QED) is 0.745. The van der Waals surface area contributed by atoms with Crippen LogP contribution in [0.3, 0.4) is 0 Å². The van der Waals surface area contributed by atoms with E-state index in [-0.39, 0.29) is 0 Å². The first-order chi connectivity index (χ1) is 5.34. The number of halogens is 1. The van der Waals surface area contributed by atoms with Crippen molar-refractivity contribution in [2.45, 2.75) is 33.3 Å². The van der Waals surface area contributed by atoms with Crippen LogP contribution in [0.2, 0.25) is 5.02 Å². The Morgan fingerprint density at radius 2 is 1.83 bits per heavy atom. The van der Waals surface area contributed by atoms with Crippen LogP contribution in [0.15, 0.2) is 0 Å². The van der Waals surface area contributed by atoms with Crippen molar-refractivity contribution in [3.63, 3.8) is 0 Å². The van der Waals surface area contributed by atoms with E-state index in [0.717, 1.165) is 20.3 Å². The molecule has 0 unspecified atom stereocenters. The Labute approximate surface area is 82.0 Å². The first-order valence-electron chi connectivity index (χ1n) is 3.82. The molecule has 1 aromatic rings. The molecule has 0 aliphatic heterocycles. The molecule has 0 spiro atoms. The maximum Gasteiger partial charge on any atom is 0.0935 e. The second kappa shape index (κ2) is 3.02. The molecule has 1 aromatic heterocycles. The highest BCUT2D eigenvalue weighted by atomic mass is 35.5. The van der Waals surface area contributed by atoms with Gasteiger partial charge in [0.15, 0.2) is 0 Å². The van der Waals surface area contributed by atoms with Crippen molar-refractivity contribution in [3.05, 3.63) is 20.3 Å². The Balaban J connectivity index is 3.28. The zero-order chi connectivity index (χ0) is 9.52. The van der Waals surface area contributed by atoms with Gasteiger partial charge in [-0.25, -0.2) is 0 Å². The van der Waals surface area contributed by atoms with Crippen molar-refractivity contribution < 1.29 is 5.11 Å². The zero-order valence-electron chi connectivity index (χ0n) is 7.73. The Morgan fingerprint density at radius 1 is 1.33 bits per heavy atom. The molecular weight excluding hydrogens is 192 g/mol. The fourth-order valence-electron chi connectivity index (χ4n) is 1.22. The molecule has 12 heavy (non-hydrogen) atoms. The summed E-state index contributed by atoms with van der Waals surface area (Å²) in [6.45, 7) is 7.47. The van der Waals surface area contributed by atoms with Crippen LogP contribution in [0.1, 0.15) is 29.2 Å². The van der Waals surface area contributed by atoms with E-state index < -0.39 is 5.60 Å². The predicted molar refractivity (Wildman–Crippen MR) is 54.0 cm³/mol. The molecule has 0 atom stereocenters. The van der Waals surface area contributed by atoms with Gasteiger partial charge in [0.1, 0.15) is 0 Å². The van der Waals surface area contributed by atoms with E-state index in [4.69, 9.17) is 11.6 Å². The highest BCUT2D eigenvalue weighted by Gasteiger charge is 2.23. The van der Waals surface area contributed by atoms with Crippen molar-refractivity contribution in [1.82, 2.24) is 0 Å².